The maximum absolute atomic E-state index is 12.8. The van der Waals surface area contributed by atoms with Gasteiger partial charge >= 0.3 is 0 Å². The third kappa shape index (κ3) is 3.08. The Labute approximate surface area is 162 Å². The highest BCUT2D eigenvalue weighted by Crippen LogP contribution is 2.37. The molecule has 0 saturated carbocycles. The van der Waals surface area contributed by atoms with Crippen LogP contribution in [0.25, 0.3) is 11.3 Å². The second kappa shape index (κ2) is 6.80. The van der Waals surface area contributed by atoms with Crippen LogP contribution in [-0.2, 0) is 16.4 Å². The molecule has 1 aliphatic rings. The summed E-state index contributed by atoms with van der Waals surface area (Å²) in [7, 11) is -2.18. The molecule has 0 saturated heterocycles. The molecule has 0 radical (unpaired) electrons. The van der Waals surface area contributed by atoms with Crippen molar-refractivity contribution in [3.05, 3.63) is 77.0 Å². The summed E-state index contributed by atoms with van der Waals surface area (Å²) in [5.41, 5.74) is 1.18. The zero-order valence-corrected chi connectivity index (χ0v) is 16.1. The molecule has 27 heavy (non-hydrogen) atoms. The van der Waals surface area contributed by atoms with E-state index >= 15 is 0 Å². The Morgan fingerprint density at radius 1 is 1.07 bits per heavy atom. The van der Waals surface area contributed by atoms with E-state index in [0.717, 1.165) is 5.56 Å². The molecule has 2 atom stereocenters. The van der Waals surface area contributed by atoms with Gasteiger partial charge in [-0.15, -0.1) is 0 Å². The van der Waals surface area contributed by atoms with Crippen LogP contribution in [0.4, 0.5) is 0 Å². The summed E-state index contributed by atoms with van der Waals surface area (Å²) < 4.78 is 32.7. The first-order valence-corrected chi connectivity index (χ1v) is 10.3. The lowest BCUT2D eigenvalue weighted by atomic mass is 9.98. The van der Waals surface area contributed by atoms with Crippen LogP contribution in [0.3, 0.4) is 0 Å². The molecule has 1 N–H and O–H groups in total. The number of hydrogen-bond acceptors (Lipinski definition) is 4. The number of furan rings is 1. The number of aliphatic hydroxyl groups excluding tert-OH is 1. The number of aliphatic hydroxyl groups is 1. The van der Waals surface area contributed by atoms with Crippen LogP contribution in [0.5, 0.6) is 0 Å². The molecule has 140 valence electrons. The first kappa shape index (κ1) is 18.3. The van der Waals surface area contributed by atoms with Gasteiger partial charge in [-0.25, -0.2) is 8.42 Å². The van der Waals surface area contributed by atoms with Crippen LogP contribution < -0.4 is 0 Å². The highest BCUT2D eigenvalue weighted by atomic mass is 35.5. The van der Waals surface area contributed by atoms with Crippen molar-refractivity contribution in [2.75, 3.05) is 7.05 Å². The molecule has 0 bridgehead atoms. The van der Waals surface area contributed by atoms with Gasteiger partial charge in [0, 0.05) is 24.6 Å². The van der Waals surface area contributed by atoms with E-state index in [-0.39, 0.29) is 11.3 Å². The highest BCUT2D eigenvalue weighted by Gasteiger charge is 2.41. The normalized spacial score (nSPS) is 21.7. The minimum Gasteiger partial charge on any atom is -0.461 e. The summed E-state index contributed by atoms with van der Waals surface area (Å²) in [5.74, 6) is 1.18. The molecule has 0 amide bonds. The zero-order chi connectivity index (χ0) is 19.2. The second-order valence-electron chi connectivity index (χ2n) is 6.52. The smallest absolute Gasteiger partial charge is 0.243 e. The average Bonchev–Trinajstić information content (AvgIpc) is 3.13. The van der Waals surface area contributed by atoms with E-state index in [2.05, 4.69) is 0 Å². The van der Waals surface area contributed by atoms with E-state index < -0.39 is 22.2 Å². The molecular weight excluding hydrogens is 386 g/mol. The summed E-state index contributed by atoms with van der Waals surface area (Å²) >= 11 is 6.21. The van der Waals surface area contributed by atoms with Gasteiger partial charge in [0.05, 0.1) is 22.1 Å². The van der Waals surface area contributed by atoms with Crippen LogP contribution in [-0.4, -0.2) is 30.9 Å². The fraction of sp³-hybridized carbons (Fsp3) is 0.200. The molecule has 4 rings (SSSR count). The number of halogens is 1. The third-order valence-electron chi connectivity index (χ3n) is 4.94. The van der Waals surface area contributed by atoms with Crippen molar-refractivity contribution in [2.45, 2.75) is 23.5 Å². The summed E-state index contributed by atoms with van der Waals surface area (Å²) in [6.07, 6.45) is -0.695. The predicted octanol–water partition coefficient (Wildman–Crippen LogP) is 3.88. The van der Waals surface area contributed by atoms with Gasteiger partial charge in [0.25, 0.3) is 0 Å². The molecule has 3 aromatic rings. The lowest BCUT2D eigenvalue weighted by Gasteiger charge is -2.36. The van der Waals surface area contributed by atoms with Gasteiger partial charge in [-0.05, 0) is 30.3 Å². The lowest BCUT2D eigenvalue weighted by molar-refractivity contribution is 0.0864. The molecule has 5 nitrogen and oxygen atoms in total. The van der Waals surface area contributed by atoms with Crippen molar-refractivity contribution in [2.24, 2.45) is 0 Å². The zero-order valence-electron chi connectivity index (χ0n) is 14.5. The molecular formula is C20H18ClNO4S. The average molecular weight is 404 g/mol. The van der Waals surface area contributed by atoms with Crippen molar-refractivity contribution in [3.8, 4) is 11.3 Å². The Balaban J connectivity index is 1.67. The molecule has 1 aliphatic heterocycles. The van der Waals surface area contributed by atoms with E-state index in [4.69, 9.17) is 16.0 Å². The number of benzene rings is 2. The summed E-state index contributed by atoms with van der Waals surface area (Å²) in [4.78, 5) is 0.146. The van der Waals surface area contributed by atoms with Gasteiger partial charge in [0.15, 0.2) is 0 Å². The fourth-order valence-electron chi connectivity index (χ4n) is 3.44. The summed E-state index contributed by atoms with van der Waals surface area (Å²) in [5, 5.41) is 11.4. The molecule has 0 unspecified atom stereocenters. The van der Waals surface area contributed by atoms with Crippen molar-refractivity contribution in [1.82, 2.24) is 4.31 Å². The van der Waals surface area contributed by atoms with Crippen LogP contribution in [0.15, 0.2) is 70.0 Å². The number of nitrogens with zero attached hydrogens (tertiary/aromatic N) is 1. The number of sulfonamides is 1. The Bertz CT molecular complexity index is 1090. The minimum absolute atomic E-state index is 0.146. The van der Waals surface area contributed by atoms with Gasteiger partial charge < -0.3 is 9.52 Å². The number of likely N-dealkylation sites (N-methyl/N-ethyl adjacent to an activating group) is 1. The number of hydrogen-bond donors (Lipinski definition) is 1. The highest BCUT2D eigenvalue weighted by molar-refractivity contribution is 7.89. The molecule has 0 spiro atoms. The van der Waals surface area contributed by atoms with Crippen molar-refractivity contribution < 1.29 is 17.9 Å². The van der Waals surface area contributed by atoms with E-state index in [1.807, 2.05) is 18.2 Å². The molecule has 2 heterocycles. The molecule has 0 fully saturated rings. The lowest BCUT2D eigenvalue weighted by Crippen LogP contribution is -2.46. The molecule has 0 aliphatic carbocycles. The van der Waals surface area contributed by atoms with Crippen molar-refractivity contribution in [3.63, 3.8) is 0 Å². The van der Waals surface area contributed by atoms with Crippen LogP contribution in [0, 0.1) is 0 Å². The van der Waals surface area contributed by atoms with Crippen molar-refractivity contribution >= 4 is 21.6 Å². The van der Waals surface area contributed by atoms with Gasteiger partial charge in [-0.1, -0.05) is 41.9 Å². The van der Waals surface area contributed by atoms with Crippen LogP contribution in [0.2, 0.25) is 5.02 Å². The van der Waals surface area contributed by atoms with E-state index in [9.17, 15) is 13.5 Å². The minimum atomic E-state index is -3.66. The third-order valence-corrected chi connectivity index (χ3v) is 7.22. The summed E-state index contributed by atoms with van der Waals surface area (Å²) in [6.45, 7) is 0. The molecule has 2 aromatic carbocycles. The van der Waals surface area contributed by atoms with E-state index in [0.29, 0.717) is 22.1 Å². The van der Waals surface area contributed by atoms with Gasteiger partial charge in [-0.2, -0.15) is 4.31 Å². The quantitative estimate of drug-likeness (QED) is 0.720. The Hall–Kier alpha value is -2.12. The predicted molar refractivity (Wildman–Crippen MR) is 103 cm³/mol. The van der Waals surface area contributed by atoms with E-state index in [1.165, 1.54) is 17.4 Å². The molecule has 7 heteroatoms. The Kier molecular flexibility index (Phi) is 4.60. The maximum atomic E-state index is 12.8. The Morgan fingerprint density at radius 3 is 2.56 bits per heavy atom. The van der Waals surface area contributed by atoms with Crippen LogP contribution in [0.1, 0.15) is 17.4 Å². The first-order chi connectivity index (χ1) is 12.9. The van der Waals surface area contributed by atoms with Gasteiger partial charge in [0.2, 0.25) is 10.0 Å². The van der Waals surface area contributed by atoms with Gasteiger partial charge in [0.1, 0.15) is 11.5 Å². The maximum Gasteiger partial charge on any atom is 0.243 e. The SMILES string of the molecule is CN1[C@H](Cc2ccc(-c3ccccc3Cl)o2)[C@@H](O)c2ccccc2S1(=O)=O. The Morgan fingerprint density at radius 2 is 1.78 bits per heavy atom. The van der Waals surface area contributed by atoms with Crippen LogP contribution >= 0.6 is 11.6 Å². The second-order valence-corrected chi connectivity index (χ2v) is 8.89. The standard InChI is InChI=1S/C20H18ClNO4S/c1-22-17(20(23)15-7-3-5-9-19(15)27(22,24)25)12-13-10-11-18(26-13)14-6-2-4-8-16(14)21/h2-11,17,20,23H,12H2,1H3/t17-,20+/m1/s1. The monoisotopic (exact) mass is 403 g/mol. The topological polar surface area (TPSA) is 70.8 Å². The van der Waals surface area contributed by atoms with Crippen molar-refractivity contribution in [1.29, 1.82) is 0 Å². The first-order valence-electron chi connectivity index (χ1n) is 8.48. The molecule has 1 aromatic heterocycles. The van der Waals surface area contributed by atoms with E-state index in [1.54, 1.807) is 36.4 Å². The van der Waals surface area contributed by atoms with Gasteiger partial charge in [-0.3, -0.25) is 0 Å². The summed E-state index contributed by atoms with van der Waals surface area (Å²) in [6, 6.07) is 16.8. The fourth-order valence-corrected chi connectivity index (χ4v) is 5.26. The number of rotatable bonds is 3. The largest absolute Gasteiger partial charge is 0.461 e. The number of fused-ring (bicyclic) bond motifs is 1.